The Morgan fingerprint density at radius 1 is 1.04 bits per heavy atom. The van der Waals surface area contributed by atoms with Gasteiger partial charge in [0.1, 0.15) is 0 Å². The summed E-state index contributed by atoms with van der Waals surface area (Å²) in [5.74, 6) is -1.07. The zero-order valence-electron chi connectivity index (χ0n) is 13.0. The maximum Gasteiger partial charge on any atom is 0.264 e. The van der Waals surface area contributed by atoms with Gasteiger partial charge >= 0.3 is 0 Å². The summed E-state index contributed by atoms with van der Waals surface area (Å²) >= 11 is 0. The van der Waals surface area contributed by atoms with Crippen molar-refractivity contribution in [2.45, 2.75) is 17.2 Å². The summed E-state index contributed by atoms with van der Waals surface area (Å²) in [7, 11) is -3.97. The quantitative estimate of drug-likeness (QED) is 0.906. The van der Waals surface area contributed by atoms with Gasteiger partial charge in [-0.05, 0) is 54.3 Å². The fraction of sp³-hybridized carbons (Fsp3) is 0.167. The first-order chi connectivity index (χ1) is 11.9. The molecule has 0 radical (unpaired) electrons. The van der Waals surface area contributed by atoms with Gasteiger partial charge < -0.3 is 0 Å². The highest BCUT2D eigenvalue weighted by molar-refractivity contribution is 7.90. The topological polar surface area (TPSA) is 111 Å². The van der Waals surface area contributed by atoms with Crippen LogP contribution in [0.25, 0.3) is 0 Å². The minimum Gasteiger partial charge on any atom is -0.274 e. The lowest BCUT2D eigenvalue weighted by Gasteiger charge is -2.07. The molecular weight excluding hydrogens is 338 g/mol. The molecule has 0 heterocycles. The minimum absolute atomic E-state index is 0.0662. The Hall–Kier alpha value is -3.16. The Kier molecular flexibility index (Phi) is 4.26. The van der Waals surface area contributed by atoms with Gasteiger partial charge in [0.15, 0.2) is 0 Å². The van der Waals surface area contributed by atoms with Crippen LogP contribution >= 0.6 is 0 Å². The fourth-order valence-electron chi connectivity index (χ4n) is 2.67. The van der Waals surface area contributed by atoms with Crippen LogP contribution in [0.4, 0.5) is 0 Å². The summed E-state index contributed by atoms with van der Waals surface area (Å²) < 4.78 is 26.6. The molecule has 1 N–H and O–H groups in total. The van der Waals surface area contributed by atoms with Crippen LogP contribution in [0.1, 0.15) is 29.0 Å². The number of hydrogen-bond acceptors (Lipinski definition) is 5. The molecular formula is C18H13N3O3S. The summed E-state index contributed by atoms with van der Waals surface area (Å²) in [6, 6.07) is 16.2. The molecule has 0 bridgehead atoms. The van der Waals surface area contributed by atoms with Crippen molar-refractivity contribution >= 4 is 15.9 Å². The van der Waals surface area contributed by atoms with Gasteiger partial charge in [0.25, 0.3) is 10.0 Å². The Labute approximate surface area is 145 Å². The highest BCUT2D eigenvalue weighted by Crippen LogP contribution is 2.47. The molecule has 1 saturated carbocycles. The molecule has 0 aromatic heterocycles. The van der Waals surface area contributed by atoms with Crippen LogP contribution in [-0.2, 0) is 14.8 Å². The number of nitrogens with zero attached hydrogens (tertiary/aromatic N) is 2. The van der Waals surface area contributed by atoms with Crippen LogP contribution in [0.2, 0.25) is 0 Å². The SMILES string of the molecule is N#Cc1ccc(S(=O)(=O)NC(=O)[C@@H]2C[C@H]2c2cccc(C#N)c2)cc1. The van der Waals surface area contributed by atoms with E-state index in [0.717, 1.165) is 5.56 Å². The summed E-state index contributed by atoms with van der Waals surface area (Å²) in [5, 5.41) is 17.7. The van der Waals surface area contributed by atoms with E-state index in [1.165, 1.54) is 24.3 Å². The molecule has 1 aliphatic carbocycles. The van der Waals surface area contributed by atoms with Crippen LogP contribution in [0.5, 0.6) is 0 Å². The van der Waals surface area contributed by atoms with Gasteiger partial charge in [-0.3, -0.25) is 4.79 Å². The lowest BCUT2D eigenvalue weighted by molar-refractivity contribution is -0.120. The second-order valence-electron chi connectivity index (χ2n) is 5.79. The van der Waals surface area contributed by atoms with Gasteiger partial charge in [0, 0.05) is 5.92 Å². The van der Waals surface area contributed by atoms with Gasteiger partial charge in [-0.1, -0.05) is 12.1 Å². The molecule has 1 amide bonds. The molecule has 2 aromatic rings. The van der Waals surface area contributed by atoms with Crippen molar-refractivity contribution < 1.29 is 13.2 Å². The lowest BCUT2D eigenvalue weighted by Crippen LogP contribution is -2.32. The maximum atomic E-state index is 12.3. The van der Waals surface area contributed by atoms with Gasteiger partial charge in [-0.2, -0.15) is 10.5 Å². The second kappa shape index (κ2) is 6.39. The van der Waals surface area contributed by atoms with E-state index in [2.05, 4.69) is 4.72 Å². The zero-order chi connectivity index (χ0) is 18.0. The molecule has 2 aromatic carbocycles. The van der Waals surface area contributed by atoms with Crippen molar-refractivity contribution in [2.24, 2.45) is 5.92 Å². The van der Waals surface area contributed by atoms with Crippen LogP contribution in [0.3, 0.4) is 0 Å². The number of nitriles is 2. The Balaban J connectivity index is 1.70. The predicted octanol–water partition coefficient (Wildman–Crippen LogP) is 2.04. The average molecular weight is 351 g/mol. The van der Waals surface area contributed by atoms with Crippen molar-refractivity contribution in [3.8, 4) is 12.1 Å². The van der Waals surface area contributed by atoms with E-state index in [0.29, 0.717) is 17.5 Å². The standard InChI is InChI=1S/C18H13N3O3S/c19-10-12-4-6-15(7-5-12)25(23,24)21-18(22)17-9-16(17)14-3-1-2-13(8-14)11-20/h1-8,16-17H,9H2,(H,21,22)/t16-,17+/m0/s1. The van der Waals surface area contributed by atoms with Gasteiger partial charge in [-0.25, -0.2) is 13.1 Å². The lowest BCUT2D eigenvalue weighted by atomic mass is 10.1. The number of hydrogen-bond donors (Lipinski definition) is 1. The summed E-state index contributed by atoms with van der Waals surface area (Å²) in [4.78, 5) is 12.2. The number of amides is 1. The fourth-order valence-corrected chi connectivity index (χ4v) is 3.70. The van der Waals surface area contributed by atoms with Crippen LogP contribution < -0.4 is 4.72 Å². The molecule has 25 heavy (non-hydrogen) atoms. The molecule has 0 aliphatic heterocycles. The van der Waals surface area contributed by atoms with Crippen LogP contribution in [0.15, 0.2) is 53.4 Å². The van der Waals surface area contributed by atoms with Crippen molar-refractivity contribution in [1.82, 2.24) is 4.72 Å². The van der Waals surface area contributed by atoms with Gasteiger partial charge in [0.2, 0.25) is 5.91 Å². The minimum atomic E-state index is -3.97. The molecule has 1 fully saturated rings. The van der Waals surface area contributed by atoms with Gasteiger partial charge in [-0.15, -0.1) is 0 Å². The number of benzene rings is 2. The third-order valence-corrected chi connectivity index (χ3v) is 5.46. The third-order valence-electron chi connectivity index (χ3n) is 4.10. The molecule has 0 unspecified atom stereocenters. The third kappa shape index (κ3) is 3.52. The molecule has 0 spiro atoms. The monoisotopic (exact) mass is 351 g/mol. The van der Waals surface area contributed by atoms with E-state index in [4.69, 9.17) is 10.5 Å². The number of rotatable bonds is 4. The smallest absolute Gasteiger partial charge is 0.264 e. The van der Waals surface area contributed by atoms with E-state index in [1.54, 1.807) is 18.2 Å². The Bertz CT molecular complexity index is 1010. The molecule has 2 atom stereocenters. The maximum absolute atomic E-state index is 12.3. The molecule has 1 aliphatic rings. The average Bonchev–Trinajstić information content (AvgIpc) is 3.42. The second-order valence-corrected chi connectivity index (χ2v) is 7.47. The Morgan fingerprint density at radius 2 is 1.72 bits per heavy atom. The zero-order valence-corrected chi connectivity index (χ0v) is 13.8. The van der Waals surface area contributed by atoms with E-state index < -0.39 is 21.8 Å². The number of nitrogens with one attached hydrogen (secondary N) is 1. The van der Waals surface area contributed by atoms with Crippen molar-refractivity contribution in [2.75, 3.05) is 0 Å². The first-order valence-electron chi connectivity index (χ1n) is 7.51. The van der Waals surface area contributed by atoms with Crippen LogP contribution in [-0.4, -0.2) is 14.3 Å². The number of sulfonamides is 1. The molecule has 7 heteroatoms. The molecule has 0 saturated heterocycles. The first-order valence-corrected chi connectivity index (χ1v) is 9.00. The molecule has 6 nitrogen and oxygen atoms in total. The number of carbonyl (C=O) groups is 1. The van der Waals surface area contributed by atoms with Gasteiger partial charge in [0.05, 0.1) is 28.2 Å². The van der Waals surface area contributed by atoms with Crippen LogP contribution in [0, 0.1) is 28.6 Å². The normalized spacial score (nSPS) is 18.6. The first kappa shape index (κ1) is 16.7. The molecule has 3 rings (SSSR count). The van der Waals surface area contributed by atoms with E-state index in [9.17, 15) is 13.2 Å². The number of carbonyl (C=O) groups excluding carboxylic acids is 1. The van der Waals surface area contributed by atoms with E-state index in [1.807, 2.05) is 18.2 Å². The highest BCUT2D eigenvalue weighted by Gasteiger charge is 2.45. The van der Waals surface area contributed by atoms with E-state index in [-0.39, 0.29) is 10.8 Å². The molecule has 124 valence electrons. The Morgan fingerprint density at radius 3 is 2.36 bits per heavy atom. The highest BCUT2D eigenvalue weighted by atomic mass is 32.2. The van der Waals surface area contributed by atoms with Crippen molar-refractivity contribution in [1.29, 1.82) is 10.5 Å². The van der Waals surface area contributed by atoms with Crippen molar-refractivity contribution in [3.63, 3.8) is 0 Å². The van der Waals surface area contributed by atoms with E-state index >= 15 is 0 Å². The summed E-state index contributed by atoms with van der Waals surface area (Å²) in [6.45, 7) is 0. The summed E-state index contributed by atoms with van der Waals surface area (Å²) in [5.41, 5.74) is 1.70. The summed E-state index contributed by atoms with van der Waals surface area (Å²) in [6.07, 6.45) is 0.545. The predicted molar refractivity (Wildman–Crippen MR) is 88.5 cm³/mol. The van der Waals surface area contributed by atoms with Crippen molar-refractivity contribution in [3.05, 3.63) is 65.2 Å². The largest absolute Gasteiger partial charge is 0.274 e.